The second kappa shape index (κ2) is 8.13. The highest BCUT2D eigenvalue weighted by atomic mass is 32.2. The molecule has 0 heterocycles. The zero-order chi connectivity index (χ0) is 18.4. The van der Waals surface area contributed by atoms with Gasteiger partial charge >= 0.3 is 0 Å². The highest BCUT2D eigenvalue weighted by molar-refractivity contribution is 7.88. The summed E-state index contributed by atoms with van der Waals surface area (Å²) in [5, 5.41) is 2.80. The third-order valence-corrected chi connectivity index (χ3v) is 5.15. The lowest BCUT2D eigenvalue weighted by Crippen LogP contribution is -2.41. The average Bonchev–Trinajstić information content (AvgIpc) is 2.60. The molecule has 0 aliphatic heterocycles. The lowest BCUT2D eigenvalue weighted by molar-refractivity contribution is -0.125. The number of hydrogen-bond acceptors (Lipinski definition) is 4. The van der Waals surface area contributed by atoms with E-state index >= 15 is 0 Å². The monoisotopic (exact) mass is 362 g/mol. The van der Waals surface area contributed by atoms with E-state index in [1.807, 2.05) is 24.3 Å². The van der Waals surface area contributed by atoms with Gasteiger partial charge in [0.25, 0.3) is 0 Å². The van der Waals surface area contributed by atoms with Gasteiger partial charge in [-0.1, -0.05) is 48.5 Å². The molecular formula is C18H22N2O4S. The smallest absolute Gasteiger partial charge is 0.243 e. The number of para-hydroxylation sites is 1. The first kappa shape index (κ1) is 19.0. The van der Waals surface area contributed by atoms with Crippen LogP contribution in [0.2, 0.25) is 0 Å². The van der Waals surface area contributed by atoms with E-state index in [0.29, 0.717) is 11.3 Å². The Labute approximate surface area is 148 Å². The van der Waals surface area contributed by atoms with Crippen LogP contribution in [0.25, 0.3) is 0 Å². The molecule has 1 unspecified atom stereocenters. The normalized spacial score (nSPS) is 12.6. The third-order valence-electron chi connectivity index (χ3n) is 3.90. The zero-order valence-corrected chi connectivity index (χ0v) is 15.3. The Balaban J connectivity index is 2.24. The van der Waals surface area contributed by atoms with E-state index in [1.165, 1.54) is 7.05 Å². The number of ether oxygens (including phenoxy) is 1. The van der Waals surface area contributed by atoms with Crippen LogP contribution in [0, 0.1) is 0 Å². The molecule has 2 aromatic rings. The van der Waals surface area contributed by atoms with Crippen molar-refractivity contribution in [3.05, 3.63) is 65.7 Å². The number of sulfonamides is 1. The van der Waals surface area contributed by atoms with Crippen LogP contribution in [0.15, 0.2) is 54.6 Å². The second-order valence-corrected chi connectivity index (χ2v) is 7.66. The first-order valence-electron chi connectivity index (χ1n) is 7.72. The number of nitrogens with zero attached hydrogens (tertiary/aromatic N) is 1. The van der Waals surface area contributed by atoms with Gasteiger partial charge in [0.15, 0.2) is 0 Å². The quantitative estimate of drug-likeness (QED) is 0.817. The fraction of sp³-hybridized carbons (Fsp3) is 0.278. The van der Waals surface area contributed by atoms with Gasteiger partial charge < -0.3 is 10.1 Å². The molecule has 2 aromatic carbocycles. The van der Waals surface area contributed by atoms with Gasteiger partial charge in [0.05, 0.1) is 13.4 Å². The Morgan fingerprint density at radius 3 is 2.32 bits per heavy atom. The predicted octanol–water partition coefficient (Wildman–Crippen LogP) is 1.94. The molecule has 1 amide bonds. The van der Waals surface area contributed by atoms with Gasteiger partial charge in [0.1, 0.15) is 11.8 Å². The van der Waals surface area contributed by atoms with Gasteiger partial charge in [0.2, 0.25) is 15.9 Å². The molecule has 6 nitrogen and oxygen atoms in total. The van der Waals surface area contributed by atoms with Gasteiger partial charge in [0, 0.05) is 19.2 Å². The highest BCUT2D eigenvalue weighted by Crippen LogP contribution is 2.23. The van der Waals surface area contributed by atoms with Crippen molar-refractivity contribution < 1.29 is 17.9 Å². The number of nitrogens with one attached hydrogen (secondary N) is 1. The Morgan fingerprint density at radius 1 is 1.12 bits per heavy atom. The molecule has 0 aromatic heterocycles. The minimum absolute atomic E-state index is 0.240. The number of benzene rings is 2. The first-order valence-corrected chi connectivity index (χ1v) is 9.57. The summed E-state index contributed by atoms with van der Waals surface area (Å²) in [6.45, 7) is 0.240. The summed E-state index contributed by atoms with van der Waals surface area (Å²) in [6, 6.07) is 15.2. The van der Waals surface area contributed by atoms with Crippen LogP contribution < -0.4 is 10.1 Å². The van der Waals surface area contributed by atoms with Crippen LogP contribution in [-0.2, 0) is 21.4 Å². The van der Waals surface area contributed by atoms with Gasteiger partial charge in [-0.2, -0.15) is 4.31 Å². The molecule has 0 saturated carbocycles. The molecule has 2 rings (SSSR count). The molecule has 25 heavy (non-hydrogen) atoms. The summed E-state index contributed by atoms with van der Waals surface area (Å²) in [5.74, 6) is 0.264. The fourth-order valence-electron chi connectivity index (χ4n) is 2.48. The maximum Gasteiger partial charge on any atom is 0.243 e. The molecule has 7 heteroatoms. The van der Waals surface area contributed by atoms with Crippen LogP contribution >= 0.6 is 0 Å². The van der Waals surface area contributed by atoms with E-state index in [2.05, 4.69) is 5.32 Å². The highest BCUT2D eigenvalue weighted by Gasteiger charge is 2.30. The van der Waals surface area contributed by atoms with Gasteiger partial charge in [-0.15, -0.1) is 0 Å². The Bertz CT molecular complexity index is 822. The number of likely N-dealkylation sites (N-methyl/N-ethyl adjacent to an activating group) is 1. The van der Waals surface area contributed by atoms with Crippen molar-refractivity contribution in [3.8, 4) is 5.75 Å². The van der Waals surface area contributed by atoms with Crippen molar-refractivity contribution >= 4 is 15.9 Å². The van der Waals surface area contributed by atoms with Crippen LogP contribution in [0.1, 0.15) is 17.2 Å². The Morgan fingerprint density at radius 2 is 1.72 bits per heavy atom. The van der Waals surface area contributed by atoms with E-state index < -0.39 is 22.0 Å². The predicted molar refractivity (Wildman–Crippen MR) is 96.6 cm³/mol. The topological polar surface area (TPSA) is 75.7 Å². The molecule has 1 N–H and O–H groups in total. The molecule has 0 spiro atoms. The molecule has 1 atom stereocenters. The fourth-order valence-corrected chi connectivity index (χ4v) is 3.08. The van der Waals surface area contributed by atoms with E-state index in [0.717, 1.165) is 16.1 Å². The molecule has 0 aliphatic carbocycles. The number of methoxy groups -OCH3 is 1. The molecule has 0 bridgehead atoms. The van der Waals surface area contributed by atoms with Crippen LogP contribution in [0.5, 0.6) is 5.75 Å². The first-order chi connectivity index (χ1) is 11.8. The van der Waals surface area contributed by atoms with E-state index in [9.17, 15) is 13.2 Å². The SMILES string of the molecule is COc1ccccc1CNC(=O)C(c1ccccc1)N(C)S(C)(=O)=O. The summed E-state index contributed by atoms with van der Waals surface area (Å²) in [6.07, 6.45) is 1.08. The molecule has 134 valence electrons. The van der Waals surface area contributed by atoms with Crippen molar-refractivity contribution in [2.24, 2.45) is 0 Å². The Hall–Kier alpha value is -2.38. The lowest BCUT2D eigenvalue weighted by atomic mass is 10.1. The number of carbonyl (C=O) groups is 1. The molecule has 0 saturated heterocycles. The van der Waals surface area contributed by atoms with E-state index in [1.54, 1.807) is 37.4 Å². The number of hydrogen-bond donors (Lipinski definition) is 1. The van der Waals surface area contributed by atoms with Crippen LogP contribution in [-0.4, -0.2) is 39.0 Å². The van der Waals surface area contributed by atoms with Crippen molar-refractivity contribution in [2.75, 3.05) is 20.4 Å². The standard InChI is InChI=1S/C18H22N2O4S/c1-20(25(3,22)23)17(14-9-5-4-6-10-14)18(21)19-13-15-11-7-8-12-16(15)24-2/h4-12,17H,13H2,1-3H3,(H,19,21). The van der Waals surface area contributed by atoms with Crippen molar-refractivity contribution in [1.82, 2.24) is 9.62 Å². The van der Waals surface area contributed by atoms with Crippen molar-refractivity contribution in [3.63, 3.8) is 0 Å². The number of amides is 1. The van der Waals surface area contributed by atoms with Gasteiger partial charge in [-0.05, 0) is 11.6 Å². The summed E-state index contributed by atoms with van der Waals surface area (Å²) in [5.41, 5.74) is 1.42. The number of rotatable bonds is 7. The zero-order valence-electron chi connectivity index (χ0n) is 14.5. The third kappa shape index (κ3) is 4.80. The Kier molecular flexibility index (Phi) is 6.17. The van der Waals surface area contributed by atoms with Crippen LogP contribution in [0.3, 0.4) is 0 Å². The minimum Gasteiger partial charge on any atom is -0.496 e. The van der Waals surface area contributed by atoms with Crippen LogP contribution in [0.4, 0.5) is 0 Å². The largest absolute Gasteiger partial charge is 0.496 e. The second-order valence-electron chi connectivity index (χ2n) is 5.62. The summed E-state index contributed by atoms with van der Waals surface area (Å²) in [4.78, 5) is 12.7. The van der Waals surface area contributed by atoms with Crippen molar-refractivity contribution in [1.29, 1.82) is 0 Å². The molecule has 0 radical (unpaired) electrons. The van der Waals surface area contributed by atoms with E-state index in [-0.39, 0.29) is 6.54 Å². The summed E-state index contributed by atoms with van der Waals surface area (Å²) >= 11 is 0. The van der Waals surface area contributed by atoms with E-state index in [4.69, 9.17) is 4.74 Å². The maximum atomic E-state index is 12.7. The average molecular weight is 362 g/mol. The summed E-state index contributed by atoms with van der Waals surface area (Å²) in [7, 11) is -0.584. The molecular weight excluding hydrogens is 340 g/mol. The number of carbonyl (C=O) groups excluding carboxylic acids is 1. The van der Waals surface area contributed by atoms with Gasteiger partial charge in [-0.3, -0.25) is 4.79 Å². The minimum atomic E-state index is -3.54. The molecule has 0 aliphatic rings. The van der Waals surface area contributed by atoms with Crippen molar-refractivity contribution in [2.45, 2.75) is 12.6 Å². The summed E-state index contributed by atoms with van der Waals surface area (Å²) < 4.78 is 30.2. The maximum absolute atomic E-state index is 12.7. The molecule has 0 fully saturated rings. The lowest BCUT2D eigenvalue weighted by Gasteiger charge is -2.25. The van der Waals surface area contributed by atoms with Gasteiger partial charge in [-0.25, -0.2) is 8.42 Å².